The number of aromatic amines is 1. The lowest BCUT2D eigenvalue weighted by Gasteiger charge is -1.96. The fourth-order valence-corrected chi connectivity index (χ4v) is 1.32. The van der Waals surface area contributed by atoms with Crippen LogP contribution in [-0.2, 0) is 0 Å². The van der Waals surface area contributed by atoms with E-state index in [0.717, 1.165) is 16.5 Å². The van der Waals surface area contributed by atoms with Crippen molar-refractivity contribution in [2.45, 2.75) is 13.3 Å². The Kier molecular flexibility index (Phi) is 1.85. The van der Waals surface area contributed by atoms with Crippen LogP contribution < -0.4 is 0 Å². The van der Waals surface area contributed by atoms with E-state index in [1.54, 1.807) is 6.20 Å². The number of hydrogen-bond donors (Lipinski definition) is 1. The highest BCUT2D eigenvalue weighted by Gasteiger charge is 2.03. The number of H-pyrrole nitrogens is 1. The van der Waals surface area contributed by atoms with E-state index in [4.69, 9.17) is 0 Å². The molecule has 0 amide bonds. The van der Waals surface area contributed by atoms with E-state index in [2.05, 4.69) is 10.2 Å². The molecule has 13 heavy (non-hydrogen) atoms. The summed E-state index contributed by atoms with van der Waals surface area (Å²) in [5.41, 5.74) is 1.73. The maximum atomic E-state index is 11.3. The lowest BCUT2D eigenvalue weighted by molar-refractivity contribution is 0.0988. The van der Waals surface area contributed by atoms with Crippen molar-refractivity contribution in [3.05, 3.63) is 30.0 Å². The van der Waals surface area contributed by atoms with Crippen molar-refractivity contribution in [3.63, 3.8) is 0 Å². The third-order valence-corrected chi connectivity index (χ3v) is 2.08. The first kappa shape index (κ1) is 7.98. The Labute approximate surface area is 75.8 Å². The molecule has 0 radical (unpaired) electrons. The third kappa shape index (κ3) is 1.33. The molecule has 1 heterocycles. The van der Waals surface area contributed by atoms with Crippen molar-refractivity contribution in [3.8, 4) is 0 Å². The van der Waals surface area contributed by atoms with E-state index < -0.39 is 0 Å². The first-order valence-corrected chi connectivity index (χ1v) is 4.27. The number of carbonyl (C=O) groups excluding carboxylic acids is 1. The van der Waals surface area contributed by atoms with Gasteiger partial charge in [-0.15, -0.1) is 0 Å². The maximum Gasteiger partial charge on any atom is 0.162 e. The molecule has 0 saturated heterocycles. The van der Waals surface area contributed by atoms with E-state index >= 15 is 0 Å². The first-order chi connectivity index (χ1) is 6.31. The summed E-state index contributed by atoms with van der Waals surface area (Å²) in [4.78, 5) is 11.3. The zero-order valence-electron chi connectivity index (χ0n) is 7.37. The number of Topliss-reactive ketones (excluding diaryl/α,β-unsaturated/α-hetero) is 1. The molecular formula is C10H10N2O. The summed E-state index contributed by atoms with van der Waals surface area (Å²) in [7, 11) is 0. The zero-order chi connectivity index (χ0) is 9.26. The number of benzene rings is 1. The van der Waals surface area contributed by atoms with E-state index in [1.165, 1.54) is 0 Å². The molecule has 3 heteroatoms. The minimum Gasteiger partial charge on any atom is -0.294 e. The molecule has 0 unspecified atom stereocenters. The highest BCUT2D eigenvalue weighted by atomic mass is 16.1. The van der Waals surface area contributed by atoms with Crippen molar-refractivity contribution >= 4 is 16.7 Å². The minimum absolute atomic E-state index is 0.170. The number of hydrogen-bond acceptors (Lipinski definition) is 2. The molecule has 0 aliphatic carbocycles. The molecule has 1 aromatic heterocycles. The molecule has 66 valence electrons. The number of carbonyl (C=O) groups is 1. The van der Waals surface area contributed by atoms with Gasteiger partial charge in [0.1, 0.15) is 0 Å². The molecule has 0 aliphatic heterocycles. The molecular weight excluding hydrogens is 164 g/mol. The van der Waals surface area contributed by atoms with Crippen LogP contribution in [0.2, 0.25) is 0 Å². The standard InChI is InChI=1S/C10H10N2O/c1-2-10(13)7-3-4-9-8(5-7)6-11-12-9/h3-6H,2H2,1H3,(H,11,12). The second-order valence-corrected chi connectivity index (χ2v) is 2.95. The van der Waals surface area contributed by atoms with E-state index in [9.17, 15) is 4.79 Å². The second kappa shape index (κ2) is 3.01. The van der Waals surface area contributed by atoms with Crippen LogP contribution in [0.4, 0.5) is 0 Å². The number of rotatable bonds is 2. The molecule has 0 atom stereocenters. The quantitative estimate of drug-likeness (QED) is 0.709. The lowest BCUT2D eigenvalue weighted by atomic mass is 10.1. The van der Waals surface area contributed by atoms with Gasteiger partial charge in [-0.2, -0.15) is 5.10 Å². The van der Waals surface area contributed by atoms with Gasteiger partial charge in [0.15, 0.2) is 5.78 Å². The molecule has 3 nitrogen and oxygen atoms in total. The predicted molar refractivity (Wildman–Crippen MR) is 50.7 cm³/mol. The average Bonchev–Trinajstić information content (AvgIpc) is 2.63. The number of aromatic nitrogens is 2. The van der Waals surface area contributed by atoms with Crippen LogP contribution >= 0.6 is 0 Å². The van der Waals surface area contributed by atoms with Gasteiger partial charge in [-0.1, -0.05) is 6.92 Å². The van der Waals surface area contributed by atoms with Crippen LogP contribution in [0, 0.1) is 0 Å². The summed E-state index contributed by atoms with van der Waals surface area (Å²) in [5, 5.41) is 7.72. The lowest BCUT2D eigenvalue weighted by Crippen LogP contribution is -1.95. The Morgan fingerprint density at radius 3 is 3.15 bits per heavy atom. The summed E-state index contributed by atoms with van der Waals surface area (Å²) in [6, 6.07) is 5.57. The molecule has 1 N–H and O–H groups in total. The molecule has 0 fully saturated rings. The van der Waals surface area contributed by atoms with Gasteiger partial charge in [0.2, 0.25) is 0 Å². The molecule has 0 bridgehead atoms. The summed E-state index contributed by atoms with van der Waals surface area (Å²) in [5.74, 6) is 0.170. The van der Waals surface area contributed by atoms with Crippen molar-refractivity contribution < 1.29 is 4.79 Å². The van der Waals surface area contributed by atoms with Gasteiger partial charge in [-0.05, 0) is 18.2 Å². The Balaban J connectivity index is 2.54. The van der Waals surface area contributed by atoms with Crippen LogP contribution in [0.15, 0.2) is 24.4 Å². The van der Waals surface area contributed by atoms with Gasteiger partial charge in [-0.25, -0.2) is 0 Å². The highest BCUT2D eigenvalue weighted by Crippen LogP contribution is 2.13. The van der Waals surface area contributed by atoms with Crippen molar-refractivity contribution in [2.24, 2.45) is 0 Å². The summed E-state index contributed by atoms with van der Waals surface area (Å²) < 4.78 is 0. The average molecular weight is 174 g/mol. The van der Waals surface area contributed by atoms with Crippen LogP contribution in [0.1, 0.15) is 23.7 Å². The first-order valence-electron chi connectivity index (χ1n) is 4.27. The zero-order valence-corrected chi connectivity index (χ0v) is 7.37. The minimum atomic E-state index is 0.170. The topological polar surface area (TPSA) is 45.8 Å². The van der Waals surface area contributed by atoms with Crippen molar-refractivity contribution in [2.75, 3.05) is 0 Å². The van der Waals surface area contributed by atoms with Gasteiger partial charge in [0, 0.05) is 17.4 Å². The van der Waals surface area contributed by atoms with Crippen LogP contribution in [0.5, 0.6) is 0 Å². The molecule has 0 spiro atoms. The van der Waals surface area contributed by atoms with E-state index in [1.807, 2.05) is 25.1 Å². The predicted octanol–water partition coefficient (Wildman–Crippen LogP) is 2.16. The Morgan fingerprint density at radius 2 is 2.38 bits per heavy atom. The normalized spacial score (nSPS) is 10.5. The van der Waals surface area contributed by atoms with Gasteiger partial charge in [0.05, 0.1) is 11.7 Å². The Hall–Kier alpha value is -1.64. The van der Waals surface area contributed by atoms with Gasteiger partial charge < -0.3 is 0 Å². The molecule has 0 saturated carbocycles. The SMILES string of the molecule is CCC(=O)c1ccc2[nH]ncc2c1. The number of ketones is 1. The Bertz CT molecular complexity index is 445. The third-order valence-electron chi connectivity index (χ3n) is 2.08. The maximum absolute atomic E-state index is 11.3. The van der Waals surface area contributed by atoms with E-state index in [0.29, 0.717) is 6.42 Å². The van der Waals surface area contributed by atoms with Crippen molar-refractivity contribution in [1.29, 1.82) is 0 Å². The monoisotopic (exact) mass is 174 g/mol. The fourth-order valence-electron chi connectivity index (χ4n) is 1.32. The molecule has 2 aromatic rings. The smallest absolute Gasteiger partial charge is 0.162 e. The fraction of sp³-hybridized carbons (Fsp3) is 0.200. The second-order valence-electron chi connectivity index (χ2n) is 2.95. The molecule has 0 aliphatic rings. The van der Waals surface area contributed by atoms with Crippen LogP contribution in [0.3, 0.4) is 0 Å². The van der Waals surface area contributed by atoms with Crippen molar-refractivity contribution in [1.82, 2.24) is 10.2 Å². The highest BCUT2D eigenvalue weighted by molar-refractivity contribution is 5.99. The van der Waals surface area contributed by atoms with Crippen LogP contribution in [-0.4, -0.2) is 16.0 Å². The molecule has 1 aromatic carbocycles. The largest absolute Gasteiger partial charge is 0.294 e. The number of nitrogens with zero attached hydrogens (tertiary/aromatic N) is 1. The van der Waals surface area contributed by atoms with E-state index in [-0.39, 0.29) is 5.78 Å². The Morgan fingerprint density at radius 1 is 1.54 bits per heavy atom. The number of fused-ring (bicyclic) bond motifs is 1. The summed E-state index contributed by atoms with van der Waals surface area (Å²) >= 11 is 0. The van der Waals surface area contributed by atoms with Gasteiger partial charge >= 0.3 is 0 Å². The summed E-state index contributed by atoms with van der Waals surface area (Å²) in [6.45, 7) is 1.86. The van der Waals surface area contributed by atoms with Gasteiger partial charge in [0.25, 0.3) is 0 Å². The van der Waals surface area contributed by atoms with Gasteiger partial charge in [-0.3, -0.25) is 9.89 Å². The summed E-state index contributed by atoms with van der Waals surface area (Å²) in [6.07, 6.45) is 2.27. The molecule has 2 rings (SSSR count). The number of nitrogens with one attached hydrogen (secondary N) is 1. The van der Waals surface area contributed by atoms with Crippen LogP contribution in [0.25, 0.3) is 10.9 Å².